The van der Waals surface area contributed by atoms with Crippen LogP contribution in [-0.4, -0.2) is 24.4 Å². The lowest BCUT2D eigenvalue weighted by molar-refractivity contribution is 0.112. The zero-order valence-corrected chi connectivity index (χ0v) is 8.36. The summed E-state index contributed by atoms with van der Waals surface area (Å²) in [4.78, 5) is 17.4. The predicted molar refractivity (Wildman–Crippen MR) is 55.8 cm³/mol. The average molecular weight is 190 g/mol. The van der Waals surface area contributed by atoms with Gasteiger partial charge in [0.25, 0.3) is 0 Å². The maximum Gasteiger partial charge on any atom is 0.153 e. The number of carbonyl (C=O) groups is 1. The molecule has 1 aromatic heterocycles. The highest BCUT2D eigenvalue weighted by molar-refractivity contribution is 5.83. The van der Waals surface area contributed by atoms with Crippen molar-refractivity contribution in [2.75, 3.05) is 18.0 Å². The van der Waals surface area contributed by atoms with E-state index in [1.54, 1.807) is 0 Å². The van der Waals surface area contributed by atoms with E-state index in [0.29, 0.717) is 5.56 Å². The summed E-state index contributed by atoms with van der Waals surface area (Å²) in [5, 5.41) is 0. The van der Waals surface area contributed by atoms with Crippen molar-refractivity contribution in [3.8, 4) is 0 Å². The van der Waals surface area contributed by atoms with Crippen LogP contribution in [-0.2, 0) is 0 Å². The van der Waals surface area contributed by atoms with E-state index in [1.807, 2.05) is 19.2 Å². The molecule has 0 aliphatic carbocycles. The first-order valence-electron chi connectivity index (χ1n) is 4.98. The molecule has 0 aromatic carbocycles. The topological polar surface area (TPSA) is 33.2 Å². The highest BCUT2D eigenvalue weighted by Crippen LogP contribution is 2.21. The average Bonchev–Trinajstić information content (AvgIpc) is 2.70. The van der Waals surface area contributed by atoms with Gasteiger partial charge in [0.2, 0.25) is 0 Å². The number of hydrogen-bond acceptors (Lipinski definition) is 3. The number of aromatic nitrogens is 1. The molecule has 0 amide bonds. The van der Waals surface area contributed by atoms with Crippen LogP contribution in [0, 0.1) is 6.92 Å². The quantitative estimate of drug-likeness (QED) is 0.667. The third kappa shape index (κ3) is 1.62. The van der Waals surface area contributed by atoms with Gasteiger partial charge in [-0.1, -0.05) is 0 Å². The third-order valence-electron chi connectivity index (χ3n) is 2.56. The van der Waals surface area contributed by atoms with Gasteiger partial charge in [-0.25, -0.2) is 4.98 Å². The van der Waals surface area contributed by atoms with E-state index in [1.165, 1.54) is 12.8 Å². The van der Waals surface area contributed by atoms with Gasteiger partial charge in [-0.2, -0.15) is 0 Å². The molecule has 0 N–H and O–H groups in total. The Hall–Kier alpha value is -1.38. The van der Waals surface area contributed by atoms with Gasteiger partial charge in [0, 0.05) is 19.3 Å². The van der Waals surface area contributed by atoms with Gasteiger partial charge in [0.05, 0.1) is 5.56 Å². The fraction of sp³-hybridized carbons (Fsp3) is 0.455. The Labute approximate surface area is 83.8 Å². The van der Waals surface area contributed by atoms with Gasteiger partial charge < -0.3 is 4.90 Å². The molecule has 2 heterocycles. The molecular weight excluding hydrogens is 176 g/mol. The van der Waals surface area contributed by atoms with E-state index in [9.17, 15) is 4.79 Å². The summed E-state index contributed by atoms with van der Waals surface area (Å²) in [6.45, 7) is 4.00. The predicted octanol–water partition coefficient (Wildman–Crippen LogP) is 1.80. The molecule has 2 rings (SSSR count). The number of rotatable bonds is 2. The first-order chi connectivity index (χ1) is 6.81. The van der Waals surface area contributed by atoms with Crippen LogP contribution in [0.1, 0.15) is 28.8 Å². The second-order valence-electron chi connectivity index (χ2n) is 3.74. The maximum absolute atomic E-state index is 10.9. The Kier molecular flexibility index (Phi) is 2.48. The van der Waals surface area contributed by atoms with Gasteiger partial charge in [-0.15, -0.1) is 0 Å². The van der Waals surface area contributed by atoms with Crippen molar-refractivity contribution in [3.05, 3.63) is 23.4 Å². The maximum atomic E-state index is 10.9. The van der Waals surface area contributed by atoms with E-state index < -0.39 is 0 Å². The summed E-state index contributed by atoms with van der Waals surface area (Å²) in [5.74, 6) is 0.850. The van der Waals surface area contributed by atoms with Crippen LogP contribution < -0.4 is 4.90 Å². The summed E-state index contributed by atoms with van der Waals surface area (Å²) in [5.41, 5.74) is 1.75. The molecule has 3 nitrogen and oxygen atoms in total. The summed E-state index contributed by atoms with van der Waals surface area (Å²) in [6.07, 6.45) is 5.12. The van der Waals surface area contributed by atoms with Crippen molar-refractivity contribution >= 4 is 12.1 Å². The first-order valence-corrected chi connectivity index (χ1v) is 4.98. The van der Waals surface area contributed by atoms with Gasteiger partial charge in [0.1, 0.15) is 5.82 Å². The molecule has 0 radical (unpaired) electrons. The smallest absolute Gasteiger partial charge is 0.153 e. The van der Waals surface area contributed by atoms with Crippen LogP contribution in [0.5, 0.6) is 0 Å². The summed E-state index contributed by atoms with van der Waals surface area (Å²) < 4.78 is 0. The molecule has 14 heavy (non-hydrogen) atoms. The summed E-state index contributed by atoms with van der Waals surface area (Å²) in [7, 11) is 0. The Morgan fingerprint density at radius 2 is 2.14 bits per heavy atom. The molecule has 74 valence electrons. The van der Waals surface area contributed by atoms with E-state index in [0.717, 1.165) is 30.8 Å². The van der Waals surface area contributed by atoms with Crippen LogP contribution in [0.25, 0.3) is 0 Å². The molecule has 0 saturated carbocycles. The minimum absolute atomic E-state index is 0.715. The van der Waals surface area contributed by atoms with Gasteiger partial charge in [-0.05, 0) is 31.4 Å². The Bertz CT molecular complexity index is 343. The zero-order valence-electron chi connectivity index (χ0n) is 8.36. The van der Waals surface area contributed by atoms with Crippen molar-refractivity contribution in [2.45, 2.75) is 19.8 Å². The van der Waals surface area contributed by atoms with Crippen molar-refractivity contribution < 1.29 is 4.79 Å². The van der Waals surface area contributed by atoms with Crippen LogP contribution in [0.4, 0.5) is 5.82 Å². The van der Waals surface area contributed by atoms with Crippen LogP contribution in [0.15, 0.2) is 12.3 Å². The summed E-state index contributed by atoms with van der Waals surface area (Å²) in [6, 6.07) is 1.90. The number of nitrogens with zero attached hydrogens (tertiary/aromatic N) is 2. The lowest BCUT2D eigenvalue weighted by atomic mass is 10.2. The fourth-order valence-corrected chi connectivity index (χ4v) is 1.86. The number of aldehydes is 1. The molecule has 1 fully saturated rings. The highest BCUT2D eigenvalue weighted by Gasteiger charge is 2.16. The van der Waals surface area contributed by atoms with Crippen LogP contribution in [0.3, 0.4) is 0 Å². The number of pyridine rings is 1. The van der Waals surface area contributed by atoms with Gasteiger partial charge >= 0.3 is 0 Å². The normalized spacial score (nSPS) is 15.9. The van der Waals surface area contributed by atoms with Crippen molar-refractivity contribution in [1.29, 1.82) is 0 Å². The summed E-state index contributed by atoms with van der Waals surface area (Å²) >= 11 is 0. The van der Waals surface area contributed by atoms with E-state index in [2.05, 4.69) is 9.88 Å². The number of carbonyl (C=O) groups excluding carboxylic acids is 1. The highest BCUT2D eigenvalue weighted by atomic mass is 16.1. The fourth-order valence-electron chi connectivity index (χ4n) is 1.86. The molecule has 3 heteroatoms. The second-order valence-corrected chi connectivity index (χ2v) is 3.74. The van der Waals surface area contributed by atoms with Gasteiger partial charge in [0.15, 0.2) is 6.29 Å². The molecule has 0 atom stereocenters. The molecule has 0 spiro atoms. The molecule has 0 bridgehead atoms. The van der Waals surface area contributed by atoms with E-state index in [4.69, 9.17) is 0 Å². The van der Waals surface area contributed by atoms with Gasteiger partial charge in [-0.3, -0.25) is 4.79 Å². The van der Waals surface area contributed by atoms with Crippen molar-refractivity contribution in [3.63, 3.8) is 0 Å². The second kappa shape index (κ2) is 3.78. The first kappa shape index (κ1) is 9.19. The molecular formula is C11H14N2O. The Balaban J connectivity index is 2.35. The minimum Gasteiger partial charge on any atom is -0.356 e. The molecule has 1 saturated heterocycles. The molecule has 0 unspecified atom stereocenters. The molecule has 1 aromatic rings. The van der Waals surface area contributed by atoms with Crippen LogP contribution in [0.2, 0.25) is 0 Å². The lowest BCUT2D eigenvalue weighted by Gasteiger charge is -2.17. The van der Waals surface area contributed by atoms with E-state index in [-0.39, 0.29) is 0 Å². The monoisotopic (exact) mass is 190 g/mol. The third-order valence-corrected chi connectivity index (χ3v) is 2.56. The largest absolute Gasteiger partial charge is 0.356 e. The molecule has 1 aliphatic heterocycles. The standard InChI is InChI=1S/C11H14N2O/c1-9-6-10(8-14)11(12-7-9)13-4-2-3-5-13/h6-8H,2-5H2,1H3. The number of anilines is 1. The lowest BCUT2D eigenvalue weighted by Crippen LogP contribution is -2.20. The SMILES string of the molecule is Cc1cnc(N2CCCC2)c(C=O)c1. The van der Waals surface area contributed by atoms with Crippen molar-refractivity contribution in [1.82, 2.24) is 4.98 Å². The molecule has 1 aliphatic rings. The Morgan fingerprint density at radius 1 is 1.43 bits per heavy atom. The van der Waals surface area contributed by atoms with Crippen molar-refractivity contribution in [2.24, 2.45) is 0 Å². The zero-order chi connectivity index (χ0) is 9.97. The number of hydrogen-bond donors (Lipinski definition) is 0. The Morgan fingerprint density at radius 3 is 2.79 bits per heavy atom. The minimum atomic E-state index is 0.715. The number of aryl methyl sites for hydroxylation is 1. The van der Waals surface area contributed by atoms with Crippen LogP contribution >= 0.6 is 0 Å². The van der Waals surface area contributed by atoms with E-state index >= 15 is 0 Å².